The number of rotatable bonds is 2. The van der Waals surface area contributed by atoms with E-state index in [4.69, 9.17) is 15.5 Å². The normalized spacial score (nSPS) is 11.9. The van der Waals surface area contributed by atoms with Gasteiger partial charge in [-0.25, -0.2) is 0 Å². The molecule has 0 amide bonds. The number of benzene rings is 1. The molecule has 3 N–H and O–H groups in total. The van der Waals surface area contributed by atoms with E-state index >= 15 is 0 Å². The minimum Gasteiger partial charge on any atom is -0.316 e. The van der Waals surface area contributed by atoms with Gasteiger partial charge in [-0.2, -0.15) is 13.7 Å². The monoisotopic (exact) mass is 242 g/mol. The first-order valence-corrected chi connectivity index (χ1v) is 6.29. The summed E-state index contributed by atoms with van der Waals surface area (Å²) in [4.78, 5) is 0. The molecule has 1 atom stereocenters. The molecule has 6 heteroatoms. The molecule has 0 spiro atoms. The molecule has 0 saturated heterocycles. The van der Waals surface area contributed by atoms with Gasteiger partial charge < -0.3 is 5.73 Å². The van der Waals surface area contributed by atoms with E-state index in [0.29, 0.717) is 12.7 Å². The van der Waals surface area contributed by atoms with Crippen molar-refractivity contribution in [3.05, 3.63) is 35.9 Å². The summed E-state index contributed by atoms with van der Waals surface area (Å²) in [6.45, 7) is 0. The molecule has 88 valence electrons. The van der Waals surface area contributed by atoms with Crippen LogP contribution in [0.25, 0.3) is 0 Å². The Hall–Kier alpha value is -1.42. The van der Waals surface area contributed by atoms with Crippen LogP contribution in [0, 0.1) is 11.3 Å². The lowest BCUT2D eigenvalue weighted by Gasteiger charge is -2.00. The Morgan fingerprint density at radius 3 is 2.25 bits per heavy atom. The summed E-state index contributed by atoms with van der Waals surface area (Å²) < 4.78 is 25.9. The minimum absolute atomic E-state index is 0.377. The summed E-state index contributed by atoms with van der Waals surface area (Å²) in [6, 6.07) is 11.4. The largest absolute Gasteiger partial charge is 0.316 e. The van der Waals surface area contributed by atoms with Gasteiger partial charge in [-0.15, -0.1) is 0 Å². The first-order valence-electron chi connectivity index (χ1n) is 4.44. The third-order valence-corrected chi connectivity index (χ3v) is 1.46. The molecular weight excluding hydrogens is 228 g/mol. The third-order valence-electron chi connectivity index (χ3n) is 1.46. The lowest BCUT2D eigenvalue weighted by atomic mass is 10.1. The Bertz CT molecular complexity index is 429. The van der Waals surface area contributed by atoms with Crippen molar-refractivity contribution in [2.45, 2.75) is 12.5 Å². The lowest BCUT2D eigenvalue weighted by molar-refractivity contribution is 0.490. The van der Waals surface area contributed by atoms with Crippen LogP contribution in [0.4, 0.5) is 0 Å². The fourth-order valence-corrected chi connectivity index (χ4v) is 0.914. The van der Waals surface area contributed by atoms with Crippen molar-refractivity contribution in [1.82, 2.24) is 0 Å². The summed E-state index contributed by atoms with van der Waals surface area (Å²) in [5, 5.41) is 8.42. The van der Waals surface area contributed by atoms with Crippen LogP contribution in [0.2, 0.25) is 0 Å². The van der Waals surface area contributed by atoms with Gasteiger partial charge in [0.1, 0.15) is 0 Å². The topological polar surface area (TPSA) is 104 Å². The number of nitrogens with two attached hydrogens (primary N) is 1. The zero-order valence-corrected chi connectivity index (χ0v) is 9.68. The highest BCUT2D eigenvalue weighted by molar-refractivity contribution is 7.85. The van der Waals surface area contributed by atoms with Gasteiger partial charge in [0, 0.05) is 6.42 Å². The molecule has 0 unspecified atom stereocenters. The van der Waals surface area contributed by atoms with E-state index in [0.717, 1.165) is 5.56 Å². The van der Waals surface area contributed by atoms with Crippen LogP contribution in [-0.2, 0) is 16.5 Å². The first-order chi connectivity index (χ1) is 7.33. The van der Waals surface area contributed by atoms with Crippen molar-refractivity contribution < 1.29 is 13.0 Å². The highest BCUT2D eigenvalue weighted by Gasteiger charge is 1.99. The second-order valence-corrected chi connectivity index (χ2v) is 4.62. The molecule has 0 aliphatic carbocycles. The van der Waals surface area contributed by atoms with Crippen molar-refractivity contribution in [3.8, 4) is 6.07 Å². The van der Waals surface area contributed by atoms with Crippen molar-refractivity contribution in [2.24, 2.45) is 5.73 Å². The summed E-state index contributed by atoms with van der Waals surface area (Å²) in [5.41, 5.74) is 6.56. The van der Waals surface area contributed by atoms with Crippen LogP contribution in [0.3, 0.4) is 0 Å². The van der Waals surface area contributed by atoms with Gasteiger partial charge in [0.25, 0.3) is 10.1 Å². The highest BCUT2D eigenvalue weighted by Crippen LogP contribution is 2.00. The summed E-state index contributed by atoms with van der Waals surface area (Å²) in [7, 11) is -3.67. The standard InChI is InChI=1S/C9H10N2.CH4O3S/c10-7-9(11)6-8-4-2-1-3-5-8;1-5(2,3)4/h1-5,9H,6,11H2;1H3,(H,2,3,4)/t9-;/m0./s1. The number of hydrogen-bond donors (Lipinski definition) is 2. The summed E-state index contributed by atoms with van der Waals surface area (Å²) in [6.07, 6.45) is 1.35. The molecular formula is C10H14N2O3S. The number of nitrogens with zero attached hydrogens (tertiary/aromatic N) is 1. The zero-order chi connectivity index (χ0) is 12.6. The lowest BCUT2D eigenvalue weighted by Crippen LogP contribution is -2.19. The Kier molecular flexibility index (Phi) is 6.34. The van der Waals surface area contributed by atoms with E-state index in [1.54, 1.807) is 0 Å². The molecule has 0 bridgehead atoms. The van der Waals surface area contributed by atoms with Gasteiger partial charge in [-0.1, -0.05) is 30.3 Å². The first kappa shape index (κ1) is 14.6. The maximum absolute atomic E-state index is 9.19. The van der Waals surface area contributed by atoms with Gasteiger partial charge in [-0.3, -0.25) is 4.55 Å². The molecule has 0 saturated carbocycles. The van der Waals surface area contributed by atoms with Gasteiger partial charge in [0.05, 0.1) is 18.4 Å². The van der Waals surface area contributed by atoms with Gasteiger partial charge in [0.15, 0.2) is 0 Å². The zero-order valence-electron chi connectivity index (χ0n) is 8.87. The molecule has 0 heterocycles. The second-order valence-electron chi connectivity index (χ2n) is 3.16. The van der Waals surface area contributed by atoms with E-state index in [1.807, 2.05) is 36.4 Å². The fourth-order valence-electron chi connectivity index (χ4n) is 0.914. The fraction of sp³-hybridized carbons (Fsp3) is 0.300. The van der Waals surface area contributed by atoms with Gasteiger partial charge >= 0.3 is 0 Å². The van der Waals surface area contributed by atoms with E-state index in [-0.39, 0.29) is 6.04 Å². The quantitative estimate of drug-likeness (QED) is 0.738. The molecule has 1 aromatic carbocycles. The van der Waals surface area contributed by atoms with Crippen molar-refractivity contribution >= 4 is 10.1 Å². The maximum Gasteiger partial charge on any atom is 0.261 e. The Morgan fingerprint density at radius 2 is 1.88 bits per heavy atom. The van der Waals surface area contributed by atoms with Crippen LogP contribution >= 0.6 is 0 Å². The Labute approximate surface area is 95.3 Å². The third kappa shape index (κ3) is 10.7. The van der Waals surface area contributed by atoms with Crippen molar-refractivity contribution in [2.75, 3.05) is 6.26 Å². The average molecular weight is 242 g/mol. The highest BCUT2D eigenvalue weighted by atomic mass is 32.2. The SMILES string of the molecule is CS(=O)(=O)O.N#C[C@@H](N)Cc1ccccc1. The second kappa shape index (κ2) is 6.95. The van der Waals surface area contributed by atoms with Crippen molar-refractivity contribution in [3.63, 3.8) is 0 Å². The maximum atomic E-state index is 9.19. The molecule has 5 nitrogen and oxygen atoms in total. The number of hydrogen-bond acceptors (Lipinski definition) is 4. The van der Waals surface area contributed by atoms with E-state index in [1.165, 1.54) is 0 Å². The molecule has 1 rings (SSSR count). The summed E-state index contributed by atoms with van der Waals surface area (Å²) >= 11 is 0. The molecule has 0 aliphatic heterocycles. The van der Waals surface area contributed by atoms with E-state index in [2.05, 4.69) is 0 Å². The van der Waals surface area contributed by atoms with E-state index < -0.39 is 10.1 Å². The molecule has 1 aromatic rings. The van der Waals surface area contributed by atoms with Crippen LogP contribution < -0.4 is 5.73 Å². The molecule has 0 aromatic heterocycles. The van der Waals surface area contributed by atoms with Gasteiger partial charge in [-0.05, 0) is 5.56 Å². The predicted molar refractivity (Wildman–Crippen MR) is 61.2 cm³/mol. The Morgan fingerprint density at radius 1 is 1.44 bits per heavy atom. The summed E-state index contributed by atoms with van der Waals surface area (Å²) in [5.74, 6) is 0. The Balaban J connectivity index is 0.000000385. The molecule has 0 aliphatic rings. The number of nitriles is 1. The minimum atomic E-state index is -3.67. The van der Waals surface area contributed by atoms with Gasteiger partial charge in [0.2, 0.25) is 0 Å². The smallest absolute Gasteiger partial charge is 0.261 e. The predicted octanol–water partition coefficient (Wildman–Crippen LogP) is 0.584. The van der Waals surface area contributed by atoms with E-state index in [9.17, 15) is 8.42 Å². The van der Waals surface area contributed by atoms with Crippen molar-refractivity contribution in [1.29, 1.82) is 5.26 Å². The average Bonchev–Trinajstić information content (AvgIpc) is 2.16. The molecule has 16 heavy (non-hydrogen) atoms. The molecule has 0 radical (unpaired) electrons. The van der Waals surface area contributed by atoms with Crippen LogP contribution in [0.5, 0.6) is 0 Å². The molecule has 0 fully saturated rings. The van der Waals surface area contributed by atoms with Crippen LogP contribution in [-0.4, -0.2) is 25.3 Å². The van der Waals surface area contributed by atoms with Crippen LogP contribution in [0.15, 0.2) is 30.3 Å². The van der Waals surface area contributed by atoms with Crippen LogP contribution in [0.1, 0.15) is 5.56 Å².